The van der Waals surface area contributed by atoms with E-state index in [1.165, 1.54) is 11.1 Å². The first-order valence-corrected chi connectivity index (χ1v) is 10.9. The highest BCUT2D eigenvalue weighted by atomic mass is 16.7. The minimum absolute atomic E-state index is 0.319. The monoisotopic (exact) mass is 402 g/mol. The van der Waals surface area contributed by atoms with Gasteiger partial charge in [-0.3, -0.25) is 9.80 Å². The molecule has 3 aliphatic heterocycles. The van der Waals surface area contributed by atoms with Gasteiger partial charge in [0.2, 0.25) is 0 Å². The summed E-state index contributed by atoms with van der Waals surface area (Å²) in [6, 6.07) is 6.75. The number of nitrogens with zero attached hydrogens (tertiary/aromatic N) is 2. The minimum Gasteiger partial charge on any atom is -0.399 e. The zero-order chi connectivity index (χ0) is 20.5. The number of hydrogen-bond donors (Lipinski definition) is 0. The van der Waals surface area contributed by atoms with Crippen LogP contribution in [-0.4, -0.2) is 80.7 Å². The molecule has 0 unspecified atom stereocenters. The molecule has 3 fully saturated rings. The molecule has 0 aromatic heterocycles. The van der Waals surface area contributed by atoms with Crippen molar-refractivity contribution < 1.29 is 18.8 Å². The molecule has 4 rings (SSSR count). The maximum atomic E-state index is 6.30. The summed E-state index contributed by atoms with van der Waals surface area (Å²) in [6.45, 7) is 17.6. The van der Waals surface area contributed by atoms with Gasteiger partial charge in [-0.2, -0.15) is 0 Å². The second kappa shape index (κ2) is 8.65. The van der Waals surface area contributed by atoms with E-state index in [9.17, 15) is 0 Å². The lowest BCUT2D eigenvalue weighted by Crippen LogP contribution is -2.41. The Morgan fingerprint density at radius 1 is 0.759 bits per heavy atom. The van der Waals surface area contributed by atoms with Gasteiger partial charge in [0.25, 0.3) is 0 Å². The van der Waals surface area contributed by atoms with E-state index < -0.39 is 0 Å². The van der Waals surface area contributed by atoms with Gasteiger partial charge in [-0.25, -0.2) is 0 Å². The molecule has 3 aliphatic rings. The van der Waals surface area contributed by atoms with Crippen molar-refractivity contribution in [2.45, 2.75) is 52.0 Å². The summed E-state index contributed by atoms with van der Waals surface area (Å²) in [6.07, 6.45) is 0. The van der Waals surface area contributed by atoms with Crippen molar-refractivity contribution in [3.63, 3.8) is 0 Å². The lowest BCUT2D eigenvalue weighted by atomic mass is 9.77. The predicted molar refractivity (Wildman–Crippen MR) is 114 cm³/mol. The van der Waals surface area contributed by atoms with Gasteiger partial charge in [-0.05, 0) is 44.3 Å². The van der Waals surface area contributed by atoms with Crippen LogP contribution in [0.1, 0.15) is 38.8 Å². The molecule has 1 aromatic carbocycles. The molecule has 0 saturated carbocycles. The zero-order valence-electron chi connectivity index (χ0n) is 18.4. The summed E-state index contributed by atoms with van der Waals surface area (Å²) >= 11 is 0. The van der Waals surface area contributed by atoms with Crippen LogP contribution >= 0.6 is 0 Å². The molecule has 3 saturated heterocycles. The lowest BCUT2D eigenvalue weighted by molar-refractivity contribution is 0.00578. The van der Waals surface area contributed by atoms with E-state index in [1.807, 2.05) is 0 Å². The SMILES string of the molecule is CC1(C)OB(c2ccc(CN3CCOCC3)c(CN3CCOCC3)c2)OC1(C)C. The molecular weight excluding hydrogens is 367 g/mol. The van der Waals surface area contributed by atoms with Gasteiger partial charge in [0.15, 0.2) is 0 Å². The van der Waals surface area contributed by atoms with E-state index in [2.05, 4.69) is 55.7 Å². The number of rotatable bonds is 5. The molecule has 3 heterocycles. The maximum absolute atomic E-state index is 6.30. The summed E-state index contributed by atoms with van der Waals surface area (Å²) in [4.78, 5) is 4.96. The second-order valence-electron chi connectivity index (χ2n) is 9.39. The Morgan fingerprint density at radius 3 is 1.76 bits per heavy atom. The molecule has 0 atom stereocenters. The molecule has 0 aliphatic carbocycles. The topological polar surface area (TPSA) is 43.4 Å². The summed E-state index contributed by atoms with van der Waals surface area (Å²) in [5, 5.41) is 0. The first-order valence-electron chi connectivity index (χ1n) is 10.9. The first kappa shape index (κ1) is 21.3. The Bertz CT molecular complexity index is 684. The van der Waals surface area contributed by atoms with Crippen molar-refractivity contribution in [1.29, 1.82) is 0 Å². The average Bonchev–Trinajstić information content (AvgIpc) is 2.92. The number of benzene rings is 1. The summed E-state index contributed by atoms with van der Waals surface area (Å²) in [5.41, 5.74) is 3.21. The maximum Gasteiger partial charge on any atom is 0.494 e. The van der Waals surface area contributed by atoms with Crippen LogP contribution in [0.2, 0.25) is 0 Å². The molecule has 0 spiro atoms. The normalized spacial score (nSPS) is 25.4. The van der Waals surface area contributed by atoms with Gasteiger partial charge < -0.3 is 18.8 Å². The second-order valence-corrected chi connectivity index (χ2v) is 9.39. The summed E-state index contributed by atoms with van der Waals surface area (Å²) < 4.78 is 23.7. The van der Waals surface area contributed by atoms with Crippen molar-refractivity contribution in [3.8, 4) is 0 Å². The van der Waals surface area contributed by atoms with E-state index in [-0.39, 0.29) is 18.3 Å². The smallest absolute Gasteiger partial charge is 0.399 e. The van der Waals surface area contributed by atoms with Crippen molar-refractivity contribution in [1.82, 2.24) is 9.80 Å². The number of ether oxygens (including phenoxy) is 2. The molecule has 29 heavy (non-hydrogen) atoms. The van der Waals surface area contributed by atoms with Crippen molar-refractivity contribution in [2.24, 2.45) is 0 Å². The van der Waals surface area contributed by atoms with Crippen molar-refractivity contribution in [2.75, 3.05) is 52.6 Å². The van der Waals surface area contributed by atoms with Gasteiger partial charge >= 0.3 is 7.12 Å². The number of morpholine rings is 2. The van der Waals surface area contributed by atoms with E-state index in [1.54, 1.807) is 0 Å². The molecule has 0 radical (unpaired) electrons. The van der Waals surface area contributed by atoms with Gasteiger partial charge in [-0.1, -0.05) is 18.2 Å². The molecule has 160 valence electrons. The summed E-state index contributed by atoms with van der Waals surface area (Å²) in [7, 11) is -0.319. The quantitative estimate of drug-likeness (QED) is 0.698. The highest BCUT2D eigenvalue weighted by Gasteiger charge is 2.51. The molecule has 0 bridgehead atoms. The first-order chi connectivity index (χ1) is 13.8. The largest absolute Gasteiger partial charge is 0.494 e. The Kier molecular flexibility index (Phi) is 6.35. The average molecular weight is 402 g/mol. The standard InChI is InChI=1S/C22H35BN2O4/c1-21(2)22(3,4)29-23(28-21)20-6-5-18(16-24-7-11-26-12-8-24)19(15-20)17-25-9-13-27-14-10-25/h5-6,15H,7-14,16-17H2,1-4H3. The Balaban J connectivity index is 1.56. The van der Waals surface area contributed by atoms with Crippen LogP contribution in [0.5, 0.6) is 0 Å². The minimum atomic E-state index is -0.325. The Hall–Kier alpha value is -0.955. The Labute approximate surface area is 175 Å². The van der Waals surface area contributed by atoms with Crippen LogP contribution in [0.15, 0.2) is 18.2 Å². The molecule has 1 aromatic rings. The fraction of sp³-hybridized carbons (Fsp3) is 0.727. The molecular formula is C22H35BN2O4. The molecule has 7 heteroatoms. The predicted octanol–water partition coefficient (Wildman–Crippen LogP) is 1.65. The Morgan fingerprint density at radius 2 is 1.24 bits per heavy atom. The van der Waals surface area contributed by atoms with Crippen molar-refractivity contribution >= 4 is 12.6 Å². The highest BCUT2D eigenvalue weighted by Crippen LogP contribution is 2.36. The zero-order valence-corrected chi connectivity index (χ0v) is 18.4. The van der Waals surface area contributed by atoms with Gasteiger partial charge in [0.1, 0.15) is 0 Å². The van der Waals surface area contributed by atoms with Crippen LogP contribution in [0.4, 0.5) is 0 Å². The third-order valence-electron chi connectivity index (χ3n) is 6.75. The number of hydrogen-bond acceptors (Lipinski definition) is 6. The van der Waals surface area contributed by atoms with Crippen LogP contribution in [-0.2, 0) is 31.9 Å². The fourth-order valence-electron chi connectivity index (χ4n) is 4.07. The van der Waals surface area contributed by atoms with Gasteiger partial charge in [0, 0.05) is 39.3 Å². The summed E-state index contributed by atoms with van der Waals surface area (Å²) in [5.74, 6) is 0. The van der Waals surface area contributed by atoms with Crippen LogP contribution in [0, 0.1) is 0 Å². The van der Waals surface area contributed by atoms with Crippen molar-refractivity contribution in [3.05, 3.63) is 29.3 Å². The van der Waals surface area contributed by atoms with Gasteiger partial charge in [-0.15, -0.1) is 0 Å². The van der Waals surface area contributed by atoms with Crippen LogP contribution < -0.4 is 5.46 Å². The van der Waals surface area contributed by atoms with E-state index in [0.29, 0.717) is 0 Å². The third-order valence-corrected chi connectivity index (χ3v) is 6.75. The van der Waals surface area contributed by atoms with Gasteiger partial charge in [0.05, 0.1) is 37.6 Å². The van der Waals surface area contributed by atoms with Crippen LogP contribution in [0.25, 0.3) is 0 Å². The third kappa shape index (κ3) is 4.87. The molecule has 0 amide bonds. The molecule has 0 N–H and O–H groups in total. The molecule has 6 nitrogen and oxygen atoms in total. The van der Waals surface area contributed by atoms with Crippen LogP contribution in [0.3, 0.4) is 0 Å². The highest BCUT2D eigenvalue weighted by molar-refractivity contribution is 6.62. The fourth-order valence-corrected chi connectivity index (χ4v) is 4.07. The van der Waals surface area contributed by atoms with E-state index in [4.69, 9.17) is 18.8 Å². The van der Waals surface area contributed by atoms with E-state index >= 15 is 0 Å². The lowest BCUT2D eigenvalue weighted by Gasteiger charge is -2.32. The van der Waals surface area contributed by atoms with E-state index in [0.717, 1.165) is 71.2 Å².